The Bertz CT molecular complexity index is 250. The maximum atomic E-state index is 5.45. The molecule has 0 saturated carbocycles. The van der Waals surface area contributed by atoms with Crippen LogP contribution < -0.4 is 4.52 Å². The van der Waals surface area contributed by atoms with Gasteiger partial charge in [-0.25, -0.2) is 0 Å². The number of halogens is 1. The average molecular weight is 189 g/mol. The van der Waals surface area contributed by atoms with Crippen LogP contribution in [0.4, 0.5) is 0 Å². The number of rotatable bonds is 2. The minimum Gasteiger partial charge on any atom is -0.461 e. The Morgan fingerprint density at radius 2 is 2.09 bits per heavy atom. The van der Waals surface area contributed by atoms with Gasteiger partial charge in [-0.05, 0) is 25.5 Å². The molecule has 60 valence electrons. The number of benzene rings is 1. The second-order valence-corrected chi connectivity index (χ2v) is 3.27. The van der Waals surface area contributed by atoms with Crippen LogP contribution in [0.25, 0.3) is 0 Å². The minimum absolute atomic E-state index is 0.000615. The molecule has 0 aliphatic rings. The zero-order chi connectivity index (χ0) is 8.27. The van der Waals surface area contributed by atoms with Gasteiger partial charge in [-0.2, -0.15) is 0 Å². The first kappa shape index (κ1) is 8.83. The first-order valence-corrected chi connectivity index (χ1v) is 5.26. The van der Waals surface area contributed by atoms with Crippen LogP contribution in [0.1, 0.15) is 11.1 Å². The van der Waals surface area contributed by atoms with Gasteiger partial charge in [0.25, 0.3) is 0 Å². The molecule has 0 aromatic heterocycles. The van der Waals surface area contributed by atoms with Crippen molar-refractivity contribution >= 4 is 19.4 Å². The second kappa shape index (κ2) is 3.94. The molecule has 0 saturated heterocycles. The zero-order valence-corrected chi connectivity index (χ0v) is 8.27. The van der Waals surface area contributed by atoms with Crippen molar-refractivity contribution in [2.45, 2.75) is 13.8 Å². The quantitative estimate of drug-likeness (QED) is 0.646. The Labute approximate surface area is 73.4 Å². The first-order valence-electron chi connectivity index (χ1n) is 3.34. The van der Waals surface area contributed by atoms with Crippen LogP contribution in [0.5, 0.6) is 5.75 Å². The third kappa shape index (κ3) is 2.36. The van der Waals surface area contributed by atoms with Gasteiger partial charge in [-0.3, -0.25) is 0 Å². The summed E-state index contributed by atoms with van der Waals surface area (Å²) in [5.41, 5.74) is 2.38. The van der Waals surface area contributed by atoms with Gasteiger partial charge in [0.15, 0.2) is 8.16 Å². The molecule has 1 rings (SSSR count). The number of hydrogen-bond acceptors (Lipinski definition) is 1. The van der Waals surface area contributed by atoms with Crippen LogP contribution in [0.15, 0.2) is 18.2 Å². The highest BCUT2D eigenvalue weighted by molar-refractivity contribution is 7.64. The lowest BCUT2D eigenvalue weighted by Crippen LogP contribution is -1.82. The van der Waals surface area contributed by atoms with Gasteiger partial charge < -0.3 is 4.52 Å². The molecule has 1 nitrogen and oxygen atoms in total. The first-order chi connectivity index (χ1) is 5.24. The van der Waals surface area contributed by atoms with E-state index in [-0.39, 0.29) is 8.16 Å². The lowest BCUT2D eigenvalue weighted by atomic mass is 10.1. The third-order valence-corrected chi connectivity index (χ3v) is 2.01. The van der Waals surface area contributed by atoms with E-state index in [1.54, 1.807) is 0 Å². The van der Waals surface area contributed by atoms with E-state index in [0.717, 1.165) is 11.3 Å². The summed E-state index contributed by atoms with van der Waals surface area (Å²) in [4.78, 5) is 0. The summed E-state index contributed by atoms with van der Waals surface area (Å²) in [5.74, 6) is 0.879. The summed E-state index contributed by atoms with van der Waals surface area (Å²) < 4.78 is 5.18. The Morgan fingerprint density at radius 1 is 1.36 bits per heavy atom. The van der Waals surface area contributed by atoms with Crippen molar-refractivity contribution in [2.24, 2.45) is 0 Å². The highest BCUT2D eigenvalue weighted by Gasteiger charge is 1.97. The van der Waals surface area contributed by atoms with E-state index in [4.69, 9.17) is 15.8 Å². The van der Waals surface area contributed by atoms with Crippen LogP contribution >= 0.6 is 19.4 Å². The zero-order valence-electron chi connectivity index (χ0n) is 6.52. The lowest BCUT2D eigenvalue weighted by Gasteiger charge is -2.04. The van der Waals surface area contributed by atoms with Crippen LogP contribution in [-0.4, -0.2) is 0 Å². The van der Waals surface area contributed by atoms with Gasteiger partial charge in [0, 0.05) is 0 Å². The molecule has 3 heteroatoms. The smallest absolute Gasteiger partial charge is 0.168 e. The monoisotopic (exact) mass is 188 g/mol. The SMILES string of the molecule is Cc1ccc(OPCl)c(C)c1. The van der Waals surface area contributed by atoms with Crippen LogP contribution in [0, 0.1) is 13.8 Å². The van der Waals surface area contributed by atoms with Crippen LogP contribution in [-0.2, 0) is 0 Å². The molecule has 0 heterocycles. The molecule has 0 spiro atoms. The van der Waals surface area contributed by atoms with Gasteiger partial charge in [0.1, 0.15) is 5.75 Å². The third-order valence-electron chi connectivity index (χ3n) is 1.48. The Hall–Kier alpha value is -0.260. The summed E-state index contributed by atoms with van der Waals surface area (Å²) in [7, 11) is 0.000615. The van der Waals surface area contributed by atoms with Crippen molar-refractivity contribution in [1.82, 2.24) is 0 Å². The molecule has 0 fully saturated rings. The minimum atomic E-state index is 0.000615. The van der Waals surface area contributed by atoms with Crippen molar-refractivity contribution in [1.29, 1.82) is 0 Å². The van der Waals surface area contributed by atoms with E-state index < -0.39 is 0 Å². The average Bonchev–Trinajstić information content (AvgIpc) is 1.95. The molecule has 1 unspecified atom stereocenters. The van der Waals surface area contributed by atoms with Gasteiger partial charge in [-0.15, -0.1) is 0 Å². The van der Waals surface area contributed by atoms with Gasteiger partial charge >= 0.3 is 0 Å². The highest BCUT2D eigenvalue weighted by atomic mass is 35.7. The van der Waals surface area contributed by atoms with Crippen molar-refractivity contribution in [2.75, 3.05) is 0 Å². The van der Waals surface area contributed by atoms with E-state index in [1.807, 2.05) is 19.1 Å². The van der Waals surface area contributed by atoms with E-state index in [9.17, 15) is 0 Å². The summed E-state index contributed by atoms with van der Waals surface area (Å²) in [5, 5.41) is 0. The molecule has 0 bridgehead atoms. The van der Waals surface area contributed by atoms with Gasteiger partial charge in [0.2, 0.25) is 0 Å². The maximum Gasteiger partial charge on any atom is 0.168 e. The van der Waals surface area contributed by atoms with E-state index in [0.29, 0.717) is 0 Å². The molecule has 11 heavy (non-hydrogen) atoms. The summed E-state index contributed by atoms with van der Waals surface area (Å²) in [6.07, 6.45) is 0. The normalized spacial score (nSPS) is 10.8. The highest BCUT2D eigenvalue weighted by Crippen LogP contribution is 2.27. The molecule has 0 aliphatic heterocycles. The maximum absolute atomic E-state index is 5.45. The summed E-state index contributed by atoms with van der Waals surface area (Å²) in [6, 6.07) is 6.03. The van der Waals surface area contributed by atoms with Gasteiger partial charge in [0.05, 0.1) is 0 Å². The van der Waals surface area contributed by atoms with E-state index in [2.05, 4.69) is 13.0 Å². The Morgan fingerprint density at radius 3 is 2.64 bits per heavy atom. The van der Waals surface area contributed by atoms with Crippen molar-refractivity contribution in [3.63, 3.8) is 0 Å². The Balaban J connectivity index is 2.90. The lowest BCUT2D eigenvalue weighted by molar-refractivity contribution is 0.635. The van der Waals surface area contributed by atoms with Crippen molar-refractivity contribution in [3.8, 4) is 5.75 Å². The van der Waals surface area contributed by atoms with Gasteiger partial charge in [-0.1, -0.05) is 28.9 Å². The predicted octanol–water partition coefficient (Wildman–Crippen LogP) is 3.43. The molecule has 1 atom stereocenters. The van der Waals surface area contributed by atoms with E-state index >= 15 is 0 Å². The molecular weight excluding hydrogens is 179 g/mol. The molecule has 1 aromatic rings. The van der Waals surface area contributed by atoms with Crippen LogP contribution in [0.3, 0.4) is 0 Å². The summed E-state index contributed by atoms with van der Waals surface area (Å²) >= 11 is 5.45. The molecule has 0 N–H and O–H groups in total. The fraction of sp³-hybridized carbons (Fsp3) is 0.250. The van der Waals surface area contributed by atoms with Crippen LogP contribution in [0.2, 0.25) is 0 Å². The number of aryl methyl sites for hydroxylation is 2. The number of hydrogen-bond donors (Lipinski definition) is 0. The molecule has 0 amide bonds. The molecule has 1 aromatic carbocycles. The summed E-state index contributed by atoms with van der Waals surface area (Å²) in [6.45, 7) is 4.07. The molecule has 0 radical (unpaired) electrons. The molecule has 0 aliphatic carbocycles. The van der Waals surface area contributed by atoms with Crippen molar-refractivity contribution < 1.29 is 4.52 Å². The fourth-order valence-electron chi connectivity index (χ4n) is 0.955. The molecular formula is C8H10ClOP. The topological polar surface area (TPSA) is 9.23 Å². The van der Waals surface area contributed by atoms with Crippen molar-refractivity contribution in [3.05, 3.63) is 29.3 Å². The predicted molar refractivity (Wildman–Crippen MR) is 50.7 cm³/mol. The fourth-order valence-corrected chi connectivity index (χ4v) is 1.52. The Kier molecular flexibility index (Phi) is 3.16. The largest absolute Gasteiger partial charge is 0.461 e. The standard InChI is InChI=1S/C8H10ClOP/c1-6-3-4-8(10-11-9)7(2)5-6/h3-5,11H,1-2H3. The second-order valence-electron chi connectivity index (χ2n) is 2.45. The van der Waals surface area contributed by atoms with E-state index in [1.165, 1.54) is 5.56 Å².